The van der Waals surface area contributed by atoms with Crippen LogP contribution in [0.4, 0.5) is 14.5 Å². The number of hydrogen-bond acceptors (Lipinski definition) is 2. The highest BCUT2D eigenvalue weighted by atomic mass is 19.1. The van der Waals surface area contributed by atoms with Gasteiger partial charge in [0.05, 0.1) is 13.0 Å². The smallest absolute Gasteiger partial charge is 0.244 e. The van der Waals surface area contributed by atoms with Crippen LogP contribution in [0.15, 0.2) is 36.4 Å². The molecule has 6 heteroatoms. The van der Waals surface area contributed by atoms with E-state index in [1.54, 1.807) is 6.92 Å². The Balaban J connectivity index is 2.02. The van der Waals surface area contributed by atoms with Gasteiger partial charge in [-0.15, -0.1) is 0 Å². The van der Waals surface area contributed by atoms with Crippen LogP contribution in [0.3, 0.4) is 0 Å². The Morgan fingerprint density at radius 1 is 1.04 bits per heavy atom. The van der Waals surface area contributed by atoms with Gasteiger partial charge >= 0.3 is 0 Å². The normalized spacial score (nSPS) is 10.5. The van der Waals surface area contributed by atoms with Gasteiger partial charge in [0.2, 0.25) is 11.8 Å². The number of anilines is 1. The largest absolute Gasteiger partial charge is 0.333 e. The lowest BCUT2D eigenvalue weighted by molar-refractivity contribution is -0.133. The molecule has 0 aliphatic heterocycles. The maximum absolute atomic E-state index is 13.6. The quantitative estimate of drug-likeness (QED) is 0.856. The molecule has 0 aliphatic rings. The van der Waals surface area contributed by atoms with Crippen molar-refractivity contribution in [1.82, 2.24) is 4.90 Å². The second-order valence-electron chi connectivity index (χ2n) is 6.15. The third kappa shape index (κ3) is 4.88. The highest BCUT2D eigenvalue weighted by Gasteiger charge is 2.18. The van der Waals surface area contributed by atoms with Gasteiger partial charge in [-0.1, -0.05) is 24.3 Å². The number of nitrogens with zero attached hydrogens (tertiary/aromatic N) is 1. The fraction of sp³-hybridized carbons (Fsp3) is 0.300. The molecule has 2 rings (SSSR count). The minimum absolute atomic E-state index is 0.163. The summed E-state index contributed by atoms with van der Waals surface area (Å²) in [6.07, 6.45) is 0.163. The van der Waals surface area contributed by atoms with Crippen LogP contribution in [-0.4, -0.2) is 29.8 Å². The second-order valence-corrected chi connectivity index (χ2v) is 6.15. The molecule has 4 nitrogen and oxygen atoms in total. The van der Waals surface area contributed by atoms with E-state index in [9.17, 15) is 18.4 Å². The van der Waals surface area contributed by atoms with Gasteiger partial charge < -0.3 is 10.2 Å². The number of carbonyl (C=O) groups is 2. The zero-order valence-corrected chi connectivity index (χ0v) is 15.1. The summed E-state index contributed by atoms with van der Waals surface area (Å²) in [6.45, 7) is 5.75. The Morgan fingerprint density at radius 3 is 2.27 bits per heavy atom. The maximum Gasteiger partial charge on any atom is 0.244 e. The van der Waals surface area contributed by atoms with Crippen LogP contribution in [0.1, 0.15) is 23.6 Å². The standard InChI is InChI=1S/C20H22F2N2O2/c1-4-24(19(26)11-15-9-8-13(2)14(3)10-15)12-18(25)23-20-16(21)6-5-7-17(20)22/h5-10H,4,11-12H2,1-3H3,(H,23,25). The Kier molecular flexibility index (Phi) is 6.44. The van der Waals surface area contributed by atoms with Crippen molar-refractivity contribution in [2.45, 2.75) is 27.2 Å². The zero-order valence-electron chi connectivity index (χ0n) is 15.1. The first-order valence-electron chi connectivity index (χ1n) is 8.39. The van der Waals surface area contributed by atoms with Gasteiger partial charge in [-0.2, -0.15) is 0 Å². The zero-order chi connectivity index (χ0) is 19.3. The first-order chi connectivity index (χ1) is 12.3. The van der Waals surface area contributed by atoms with Crippen molar-refractivity contribution in [2.75, 3.05) is 18.4 Å². The fourth-order valence-corrected chi connectivity index (χ4v) is 2.55. The summed E-state index contributed by atoms with van der Waals surface area (Å²) in [5, 5.41) is 2.20. The third-order valence-electron chi connectivity index (χ3n) is 4.22. The monoisotopic (exact) mass is 360 g/mol. The Bertz CT molecular complexity index is 801. The van der Waals surface area contributed by atoms with Crippen molar-refractivity contribution >= 4 is 17.5 Å². The van der Waals surface area contributed by atoms with Crippen molar-refractivity contribution in [3.05, 3.63) is 64.7 Å². The van der Waals surface area contributed by atoms with Crippen molar-refractivity contribution < 1.29 is 18.4 Å². The van der Waals surface area contributed by atoms with Gasteiger partial charge in [-0.3, -0.25) is 9.59 Å². The summed E-state index contributed by atoms with van der Waals surface area (Å²) in [6, 6.07) is 9.09. The average Bonchev–Trinajstić information content (AvgIpc) is 2.59. The van der Waals surface area contributed by atoms with E-state index in [0.29, 0.717) is 6.54 Å². The number of carbonyl (C=O) groups excluding carboxylic acids is 2. The van der Waals surface area contributed by atoms with Gasteiger partial charge in [0.25, 0.3) is 0 Å². The number of aryl methyl sites for hydroxylation is 2. The topological polar surface area (TPSA) is 49.4 Å². The molecular weight excluding hydrogens is 338 g/mol. The lowest BCUT2D eigenvalue weighted by atomic mass is 10.0. The molecule has 138 valence electrons. The molecule has 0 saturated heterocycles. The molecule has 0 fully saturated rings. The molecular formula is C20H22F2N2O2. The second kappa shape index (κ2) is 8.56. The van der Waals surface area contributed by atoms with Crippen LogP contribution >= 0.6 is 0 Å². The lowest BCUT2D eigenvalue weighted by Crippen LogP contribution is -2.38. The first kappa shape index (κ1) is 19.6. The van der Waals surface area contributed by atoms with E-state index < -0.39 is 23.2 Å². The molecule has 0 atom stereocenters. The van der Waals surface area contributed by atoms with Crippen LogP contribution < -0.4 is 5.32 Å². The molecule has 2 amide bonds. The van der Waals surface area contributed by atoms with E-state index in [0.717, 1.165) is 28.8 Å². The molecule has 2 aromatic carbocycles. The number of halogens is 2. The average molecular weight is 360 g/mol. The number of hydrogen-bond donors (Lipinski definition) is 1. The number of amides is 2. The van der Waals surface area contributed by atoms with Crippen LogP contribution in [0.2, 0.25) is 0 Å². The van der Waals surface area contributed by atoms with Crippen LogP contribution in [0, 0.1) is 25.5 Å². The van der Waals surface area contributed by atoms with Gasteiger partial charge in [0, 0.05) is 6.54 Å². The van der Waals surface area contributed by atoms with E-state index >= 15 is 0 Å². The minimum Gasteiger partial charge on any atom is -0.333 e. The van der Waals surface area contributed by atoms with Crippen LogP contribution in [0.5, 0.6) is 0 Å². The molecule has 0 aromatic heterocycles. The Labute approximate surface area is 151 Å². The summed E-state index contributed by atoms with van der Waals surface area (Å²) in [4.78, 5) is 25.9. The number of rotatable bonds is 6. The van der Waals surface area contributed by atoms with Crippen molar-refractivity contribution in [3.8, 4) is 0 Å². The van der Waals surface area contributed by atoms with E-state index in [1.807, 2.05) is 32.0 Å². The van der Waals surface area contributed by atoms with E-state index in [1.165, 1.54) is 11.0 Å². The summed E-state index contributed by atoms with van der Waals surface area (Å²) < 4.78 is 27.2. The predicted octanol–water partition coefficient (Wildman–Crippen LogP) is 3.61. The number of benzene rings is 2. The van der Waals surface area contributed by atoms with Crippen LogP contribution in [-0.2, 0) is 16.0 Å². The molecule has 1 N–H and O–H groups in total. The van der Waals surface area contributed by atoms with Crippen molar-refractivity contribution in [1.29, 1.82) is 0 Å². The van der Waals surface area contributed by atoms with E-state index in [4.69, 9.17) is 0 Å². The van der Waals surface area contributed by atoms with E-state index in [2.05, 4.69) is 5.32 Å². The minimum atomic E-state index is -0.858. The highest BCUT2D eigenvalue weighted by molar-refractivity contribution is 5.95. The fourth-order valence-electron chi connectivity index (χ4n) is 2.55. The molecule has 0 bridgehead atoms. The molecule has 0 heterocycles. The van der Waals surface area contributed by atoms with E-state index in [-0.39, 0.29) is 18.9 Å². The lowest BCUT2D eigenvalue weighted by Gasteiger charge is -2.21. The Morgan fingerprint density at radius 2 is 1.69 bits per heavy atom. The van der Waals surface area contributed by atoms with Crippen molar-refractivity contribution in [3.63, 3.8) is 0 Å². The number of nitrogens with one attached hydrogen (secondary N) is 1. The Hall–Kier alpha value is -2.76. The molecule has 0 unspecified atom stereocenters. The maximum atomic E-state index is 13.6. The highest BCUT2D eigenvalue weighted by Crippen LogP contribution is 2.18. The van der Waals surface area contributed by atoms with Gasteiger partial charge in [-0.25, -0.2) is 8.78 Å². The summed E-state index contributed by atoms with van der Waals surface area (Å²) in [5.41, 5.74) is 2.58. The molecule has 0 radical (unpaired) electrons. The third-order valence-corrected chi connectivity index (χ3v) is 4.22. The van der Waals surface area contributed by atoms with Gasteiger partial charge in [0.15, 0.2) is 0 Å². The van der Waals surface area contributed by atoms with Crippen LogP contribution in [0.25, 0.3) is 0 Å². The molecule has 0 spiro atoms. The number of para-hydroxylation sites is 1. The number of likely N-dealkylation sites (N-methyl/N-ethyl adjacent to an activating group) is 1. The van der Waals surface area contributed by atoms with Gasteiger partial charge in [0.1, 0.15) is 17.3 Å². The summed E-state index contributed by atoms with van der Waals surface area (Å²) in [5.74, 6) is -2.59. The molecule has 0 saturated carbocycles. The summed E-state index contributed by atoms with van der Waals surface area (Å²) in [7, 11) is 0. The first-order valence-corrected chi connectivity index (χ1v) is 8.39. The molecule has 2 aromatic rings. The SMILES string of the molecule is CCN(CC(=O)Nc1c(F)cccc1F)C(=O)Cc1ccc(C)c(C)c1. The molecule has 26 heavy (non-hydrogen) atoms. The predicted molar refractivity (Wildman–Crippen MR) is 96.9 cm³/mol. The summed E-state index contributed by atoms with van der Waals surface area (Å²) >= 11 is 0. The van der Waals surface area contributed by atoms with Gasteiger partial charge in [-0.05, 0) is 49.6 Å². The van der Waals surface area contributed by atoms with Crippen molar-refractivity contribution in [2.24, 2.45) is 0 Å². The molecule has 0 aliphatic carbocycles.